The van der Waals surface area contributed by atoms with Crippen molar-refractivity contribution in [2.24, 2.45) is 5.92 Å². The Kier molecular flexibility index (Phi) is 6.44. The number of rotatable bonds is 6. The summed E-state index contributed by atoms with van der Waals surface area (Å²) in [6.07, 6.45) is 4.47. The van der Waals surface area contributed by atoms with Crippen molar-refractivity contribution in [2.75, 3.05) is 26.2 Å². The van der Waals surface area contributed by atoms with E-state index in [4.69, 9.17) is 5.26 Å². The van der Waals surface area contributed by atoms with E-state index < -0.39 is 0 Å². The molecule has 16 heavy (non-hydrogen) atoms. The molecule has 92 valence electrons. The average Bonchev–Trinajstić information content (AvgIpc) is 2.30. The van der Waals surface area contributed by atoms with Crippen LogP contribution in [-0.2, 0) is 0 Å². The number of nitrogens with zero attached hydrogens (tertiary/aromatic N) is 2. The van der Waals surface area contributed by atoms with Gasteiger partial charge in [-0.1, -0.05) is 6.92 Å². The molecule has 1 fully saturated rings. The molecule has 0 bridgehead atoms. The Balaban J connectivity index is 2.39. The first-order valence-corrected chi connectivity index (χ1v) is 6.59. The van der Waals surface area contributed by atoms with Crippen molar-refractivity contribution >= 4 is 0 Å². The molecule has 3 nitrogen and oxygen atoms in total. The maximum Gasteiger partial charge on any atom is 0.0638 e. The standard InChI is InChI=1S/C13H25N3/c1-3-9-16(12(2)6-7-14)11-13-5-4-8-15-10-13/h12-13,15H,3-6,8-11H2,1-2H3. The molecule has 1 saturated heterocycles. The van der Waals surface area contributed by atoms with Crippen molar-refractivity contribution in [1.82, 2.24) is 10.2 Å². The molecule has 0 spiro atoms. The normalized spacial score (nSPS) is 23.0. The molecule has 0 saturated carbocycles. The number of nitrogens with one attached hydrogen (secondary N) is 1. The van der Waals surface area contributed by atoms with Crippen LogP contribution in [-0.4, -0.2) is 37.1 Å². The van der Waals surface area contributed by atoms with Crippen LogP contribution < -0.4 is 5.32 Å². The first kappa shape index (κ1) is 13.5. The van der Waals surface area contributed by atoms with Gasteiger partial charge in [-0.25, -0.2) is 0 Å². The zero-order chi connectivity index (χ0) is 11.8. The summed E-state index contributed by atoms with van der Waals surface area (Å²) in [5.74, 6) is 0.779. The smallest absolute Gasteiger partial charge is 0.0638 e. The van der Waals surface area contributed by atoms with Gasteiger partial charge in [-0.15, -0.1) is 0 Å². The maximum atomic E-state index is 8.77. The topological polar surface area (TPSA) is 39.1 Å². The summed E-state index contributed by atoms with van der Waals surface area (Å²) in [5, 5.41) is 12.2. The molecule has 1 aliphatic heterocycles. The molecule has 0 aromatic rings. The lowest BCUT2D eigenvalue weighted by molar-refractivity contribution is 0.164. The van der Waals surface area contributed by atoms with Crippen LogP contribution in [0.3, 0.4) is 0 Å². The Hall–Kier alpha value is -0.590. The molecule has 0 aromatic heterocycles. The average molecular weight is 223 g/mol. The van der Waals surface area contributed by atoms with Gasteiger partial charge >= 0.3 is 0 Å². The van der Waals surface area contributed by atoms with Crippen LogP contribution >= 0.6 is 0 Å². The van der Waals surface area contributed by atoms with Crippen LogP contribution in [0.2, 0.25) is 0 Å². The van der Waals surface area contributed by atoms with E-state index in [1.165, 1.54) is 25.8 Å². The SMILES string of the molecule is CCCN(CC1CCCNC1)C(C)CC#N. The first-order chi connectivity index (χ1) is 7.77. The van der Waals surface area contributed by atoms with Crippen LogP contribution in [0.4, 0.5) is 0 Å². The Morgan fingerprint density at radius 2 is 2.38 bits per heavy atom. The lowest BCUT2D eigenvalue weighted by Crippen LogP contribution is -2.42. The van der Waals surface area contributed by atoms with Gasteiger partial charge in [-0.2, -0.15) is 5.26 Å². The minimum absolute atomic E-state index is 0.409. The Bertz CT molecular complexity index is 216. The largest absolute Gasteiger partial charge is 0.316 e. The molecule has 0 aromatic carbocycles. The molecule has 1 N–H and O–H groups in total. The van der Waals surface area contributed by atoms with Gasteiger partial charge in [0.25, 0.3) is 0 Å². The molecule has 0 aliphatic carbocycles. The van der Waals surface area contributed by atoms with E-state index >= 15 is 0 Å². The van der Waals surface area contributed by atoms with E-state index in [-0.39, 0.29) is 0 Å². The molecular weight excluding hydrogens is 198 g/mol. The highest BCUT2D eigenvalue weighted by atomic mass is 15.2. The minimum atomic E-state index is 0.409. The van der Waals surface area contributed by atoms with Crippen LogP contribution in [0, 0.1) is 17.2 Å². The Labute approximate surface area is 99.8 Å². The van der Waals surface area contributed by atoms with E-state index in [9.17, 15) is 0 Å². The number of hydrogen-bond donors (Lipinski definition) is 1. The zero-order valence-corrected chi connectivity index (χ0v) is 10.7. The molecular formula is C13H25N3. The van der Waals surface area contributed by atoms with Crippen molar-refractivity contribution in [1.29, 1.82) is 5.26 Å². The summed E-state index contributed by atoms with van der Waals surface area (Å²) >= 11 is 0. The predicted molar refractivity (Wildman–Crippen MR) is 67.1 cm³/mol. The molecule has 2 atom stereocenters. The molecule has 1 heterocycles. The van der Waals surface area contributed by atoms with Crippen LogP contribution in [0.5, 0.6) is 0 Å². The summed E-state index contributed by atoms with van der Waals surface area (Å²) in [7, 11) is 0. The third-order valence-corrected chi connectivity index (χ3v) is 3.41. The summed E-state index contributed by atoms with van der Waals surface area (Å²) in [6.45, 7) is 9.00. The van der Waals surface area contributed by atoms with Crippen LogP contribution in [0.1, 0.15) is 39.5 Å². The van der Waals surface area contributed by atoms with Gasteiger partial charge in [0.15, 0.2) is 0 Å². The second-order valence-electron chi connectivity index (χ2n) is 4.92. The van der Waals surface area contributed by atoms with Crippen molar-refractivity contribution in [3.05, 3.63) is 0 Å². The number of hydrogen-bond acceptors (Lipinski definition) is 3. The van der Waals surface area contributed by atoms with Gasteiger partial charge < -0.3 is 5.32 Å². The van der Waals surface area contributed by atoms with E-state index in [2.05, 4.69) is 30.1 Å². The Morgan fingerprint density at radius 1 is 1.56 bits per heavy atom. The second kappa shape index (κ2) is 7.65. The fourth-order valence-corrected chi connectivity index (χ4v) is 2.45. The highest BCUT2D eigenvalue weighted by molar-refractivity contribution is 4.82. The maximum absolute atomic E-state index is 8.77. The Morgan fingerprint density at radius 3 is 2.94 bits per heavy atom. The highest BCUT2D eigenvalue weighted by Gasteiger charge is 2.19. The second-order valence-corrected chi connectivity index (χ2v) is 4.92. The van der Waals surface area contributed by atoms with E-state index in [0.29, 0.717) is 12.5 Å². The zero-order valence-electron chi connectivity index (χ0n) is 10.7. The molecule has 2 unspecified atom stereocenters. The van der Waals surface area contributed by atoms with Gasteiger partial charge in [0, 0.05) is 12.6 Å². The van der Waals surface area contributed by atoms with Gasteiger partial charge in [0.05, 0.1) is 12.5 Å². The highest BCUT2D eigenvalue weighted by Crippen LogP contribution is 2.14. The van der Waals surface area contributed by atoms with Crippen molar-refractivity contribution in [2.45, 2.75) is 45.6 Å². The lowest BCUT2D eigenvalue weighted by Gasteiger charge is -2.33. The van der Waals surface area contributed by atoms with Gasteiger partial charge in [0.2, 0.25) is 0 Å². The van der Waals surface area contributed by atoms with Crippen molar-refractivity contribution in [3.63, 3.8) is 0 Å². The molecule has 3 heteroatoms. The molecule has 1 aliphatic rings. The fourth-order valence-electron chi connectivity index (χ4n) is 2.45. The number of nitriles is 1. The molecule has 1 rings (SSSR count). The van der Waals surface area contributed by atoms with Gasteiger partial charge in [-0.05, 0) is 51.7 Å². The third kappa shape index (κ3) is 4.51. The van der Waals surface area contributed by atoms with Crippen LogP contribution in [0.15, 0.2) is 0 Å². The first-order valence-electron chi connectivity index (χ1n) is 6.59. The van der Waals surface area contributed by atoms with Gasteiger partial charge in [0.1, 0.15) is 0 Å². The quantitative estimate of drug-likeness (QED) is 0.748. The van der Waals surface area contributed by atoms with Crippen molar-refractivity contribution in [3.8, 4) is 6.07 Å². The van der Waals surface area contributed by atoms with Crippen LogP contribution in [0.25, 0.3) is 0 Å². The predicted octanol–water partition coefficient (Wildman–Crippen LogP) is 2.00. The minimum Gasteiger partial charge on any atom is -0.316 e. The fraction of sp³-hybridized carbons (Fsp3) is 0.923. The summed E-state index contributed by atoms with van der Waals surface area (Å²) in [5.41, 5.74) is 0. The summed E-state index contributed by atoms with van der Waals surface area (Å²) < 4.78 is 0. The monoisotopic (exact) mass is 223 g/mol. The number of piperidine rings is 1. The van der Waals surface area contributed by atoms with E-state index in [1.807, 2.05) is 0 Å². The van der Waals surface area contributed by atoms with Gasteiger partial charge in [-0.3, -0.25) is 4.90 Å². The van der Waals surface area contributed by atoms with Crippen molar-refractivity contribution < 1.29 is 0 Å². The molecule has 0 amide bonds. The van der Waals surface area contributed by atoms with E-state index in [1.54, 1.807) is 0 Å². The third-order valence-electron chi connectivity index (χ3n) is 3.41. The summed E-state index contributed by atoms with van der Waals surface area (Å²) in [6, 6.07) is 2.70. The van der Waals surface area contributed by atoms with E-state index in [0.717, 1.165) is 25.6 Å². The summed E-state index contributed by atoms with van der Waals surface area (Å²) in [4.78, 5) is 2.49. The lowest BCUT2D eigenvalue weighted by atomic mass is 9.98. The molecule has 0 radical (unpaired) electrons.